The van der Waals surface area contributed by atoms with Gasteiger partial charge in [0.05, 0.1) is 11.1 Å². The first-order chi connectivity index (χ1) is 14.3. The summed E-state index contributed by atoms with van der Waals surface area (Å²) in [5.74, 6) is -1.87. The monoisotopic (exact) mass is 413 g/mol. The van der Waals surface area contributed by atoms with Gasteiger partial charge in [0, 0.05) is 40.6 Å². The molecule has 30 heavy (non-hydrogen) atoms. The van der Waals surface area contributed by atoms with E-state index < -0.39 is 17.8 Å². The van der Waals surface area contributed by atoms with Crippen LogP contribution in [0.25, 0.3) is 22.0 Å². The van der Waals surface area contributed by atoms with Crippen molar-refractivity contribution >= 4 is 22.4 Å². The Labute approximate surface area is 170 Å². The zero-order chi connectivity index (χ0) is 21.0. The highest BCUT2D eigenvalue weighted by atomic mass is 19.4. The van der Waals surface area contributed by atoms with Crippen LogP contribution in [0.4, 0.5) is 18.9 Å². The summed E-state index contributed by atoms with van der Waals surface area (Å²) >= 11 is 0. The number of aromatic nitrogens is 3. The molecule has 3 aromatic rings. The maximum atomic E-state index is 13.0. The predicted octanol–water partition coefficient (Wildman–Crippen LogP) is 3.76. The largest absolute Gasteiger partial charge is 0.451 e. The van der Waals surface area contributed by atoms with Gasteiger partial charge in [0.1, 0.15) is 5.69 Å². The second-order valence-corrected chi connectivity index (χ2v) is 7.78. The molecule has 3 heterocycles. The highest BCUT2D eigenvalue weighted by Crippen LogP contribution is 2.41. The van der Waals surface area contributed by atoms with Gasteiger partial charge in [-0.3, -0.25) is 9.78 Å². The average Bonchev–Trinajstić information content (AvgIpc) is 3.01. The summed E-state index contributed by atoms with van der Waals surface area (Å²) in [5.41, 5.74) is 2.43. The van der Waals surface area contributed by atoms with Gasteiger partial charge in [0.2, 0.25) is 11.6 Å². The van der Waals surface area contributed by atoms with Crippen molar-refractivity contribution in [2.75, 3.05) is 25.5 Å². The Hall–Kier alpha value is -3.07. The van der Waals surface area contributed by atoms with Crippen molar-refractivity contribution in [3.05, 3.63) is 47.7 Å². The number of piperidine rings is 1. The van der Waals surface area contributed by atoms with Gasteiger partial charge in [-0.2, -0.15) is 13.2 Å². The molecule has 0 unspecified atom stereocenters. The molecule has 1 saturated heterocycles. The third-order valence-corrected chi connectivity index (χ3v) is 5.73. The van der Waals surface area contributed by atoms with Crippen LogP contribution in [0.3, 0.4) is 0 Å². The Morgan fingerprint density at radius 3 is 2.57 bits per heavy atom. The second kappa shape index (κ2) is 6.73. The molecule has 2 aromatic heterocycles. The number of pyridine rings is 1. The van der Waals surface area contributed by atoms with Gasteiger partial charge < -0.3 is 10.2 Å². The first kappa shape index (κ1) is 18.9. The van der Waals surface area contributed by atoms with Crippen LogP contribution in [0.2, 0.25) is 0 Å². The maximum absolute atomic E-state index is 13.0. The van der Waals surface area contributed by atoms with Crippen LogP contribution < -0.4 is 5.32 Å². The van der Waals surface area contributed by atoms with E-state index in [1.54, 1.807) is 0 Å². The molecular weight excluding hydrogens is 395 g/mol. The van der Waals surface area contributed by atoms with E-state index >= 15 is 0 Å². The number of benzene rings is 1. The molecule has 0 saturated carbocycles. The van der Waals surface area contributed by atoms with Crippen molar-refractivity contribution in [1.82, 2.24) is 19.9 Å². The summed E-state index contributed by atoms with van der Waals surface area (Å²) < 4.78 is 39.0. The molecule has 5 rings (SSSR count). The van der Waals surface area contributed by atoms with Gasteiger partial charge in [0.15, 0.2) is 0 Å². The Kier molecular flexibility index (Phi) is 4.25. The third kappa shape index (κ3) is 3.09. The molecule has 0 amide bonds. The number of alkyl halides is 3. The molecule has 154 valence electrons. The summed E-state index contributed by atoms with van der Waals surface area (Å²) in [7, 11) is 2.10. The molecule has 1 fully saturated rings. The predicted molar refractivity (Wildman–Crippen MR) is 105 cm³/mol. The van der Waals surface area contributed by atoms with E-state index in [1.807, 2.05) is 18.2 Å². The van der Waals surface area contributed by atoms with E-state index in [2.05, 4.69) is 32.2 Å². The number of halogens is 3. The van der Waals surface area contributed by atoms with Gasteiger partial charge in [-0.05, 0) is 51.2 Å². The fourth-order valence-electron chi connectivity index (χ4n) is 4.14. The summed E-state index contributed by atoms with van der Waals surface area (Å²) in [6.45, 7) is 2.03. The van der Waals surface area contributed by atoms with E-state index in [1.165, 1.54) is 6.20 Å². The number of carbonyl (C=O) groups excluding carboxylic acids is 1. The van der Waals surface area contributed by atoms with Crippen molar-refractivity contribution in [2.24, 2.45) is 0 Å². The smallest absolute Gasteiger partial charge is 0.382 e. The molecule has 1 aromatic carbocycles. The number of nitrogens with one attached hydrogen (secondary N) is 1. The highest BCUT2D eigenvalue weighted by Gasteiger charge is 2.38. The van der Waals surface area contributed by atoms with Gasteiger partial charge in [0.25, 0.3) is 0 Å². The molecule has 0 atom stereocenters. The van der Waals surface area contributed by atoms with E-state index in [9.17, 15) is 18.0 Å². The van der Waals surface area contributed by atoms with E-state index in [4.69, 9.17) is 0 Å². The number of likely N-dealkylation sites (tertiary alicyclic amines) is 1. The van der Waals surface area contributed by atoms with Crippen LogP contribution in [-0.2, 0) is 6.18 Å². The Morgan fingerprint density at radius 1 is 1.10 bits per heavy atom. The lowest BCUT2D eigenvalue weighted by atomic mass is 10.0. The number of nitrogens with zero attached hydrogens (tertiary/aromatic N) is 4. The van der Waals surface area contributed by atoms with Gasteiger partial charge >= 0.3 is 6.18 Å². The number of rotatable bonds is 2. The van der Waals surface area contributed by atoms with Crippen LogP contribution in [0.5, 0.6) is 0 Å². The van der Waals surface area contributed by atoms with Crippen LogP contribution >= 0.6 is 0 Å². The van der Waals surface area contributed by atoms with Crippen molar-refractivity contribution in [1.29, 1.82) is 0 Å². The topological polar surface area (TPSA) is 71.0 Å². The Morgan fingerprint density at radius 2 is 1.83 bits per heavy atom. The molecule has 1 aliphatic heterocycles. The molecule has 9 heteroatoms. The normalized spacial score (nSPS) is 17.3. The minimum absolute atomic E-state index is 0.227. The van der Waals surface area contributed by atoms with Crippen LogP contribution in [0.1, 0.15) is 34.7 Å². The number of anilines is 1. The molecule has 0 radical (unpaired) electrons. The molecule has 6 nitrogen and oxygen atoms in total. The summed E-state index contributed by atoms with van der Waals surface area (Å²) in [5, 5.41) is 4.22. The fourth-order valence-corrected chi connectivity index (χ4v) is 4.14. The standard InChI is InChI=1S/C21H18F3N5O/c1-29-6-4-11(5-7-29)27-12-2-3-16-13(8-12)17-14-9-26-20(21(22,23)24)28-18(14)19(30)15(17)10-25-16/h2-3,8-11,27H,4-7H2,1H3. The lowest BCUT2D eigenvalue weighted by Gasteiger charge is -2.30. The average molecular weight is 413 g/mol. The number of ketones is 1. The van der Waals surface area contributed by atoms with E-state index in [0.717, 1.165) is 37.8 Å². The minimum atomic E-state index is -4.71. The number of hydrogen-bond donors (Lipinski definition) is 1. The van der Waals surface area contributed by atoms with Crippen molar-refractivity contribution in [3.63, 3.8) is 0 Å². The molecule has 0 spiro atoms. The van der Waals surface area contributed by atoms with Crippen molar-refractivity contribution < 1.29 is 18.0 Å². The molecule has 1 aliphatic carbocycles. The van der Waals surface area contributed by atoms with E-state index in [-0.39, 0.29) is 11.3 Å². The lowest BCUT2D eigenvalue weighted by Crippen LogP contribution is -2.36. The van der Waals surface area contributed by atoms with Crippen LogP contribution in [0.15, 0.2) is 30.6 Å². The van der Waals surface area contributed by atoms with Gasteiger partial charge in [-0.15, -0.1) is 0 Å². The first-order valence-electron chi connectivity index (χ1n) is 9.68. The van der Waals surface area contributed by atoms with Gasteiger partial charge in [-0.25, -0.2) is 9.97 Å². The third-order valence-electron chi connectivity index (χ3n) is 5.73. The minimum Gasteiger partial charge on any atom is -0.382 e. The number of fused-ring (bicyclic) bond motifs is 5. The summed E-state index contributed by atoms with van der Waals surface area (Å²) in [4.78, 5) is 26.3. The Bertz CT molecular complexity index is 1170. The lowest BCUT2D eigenvalue weighted by molar-refractivity contribution is -0.145. The summed E-state index contributed by atoms with van der Waals surface area (Å²) in [6.07, 6.45) is -0.176. The zero-order valence-corrected chi connectivity index (χ0v) is 16.1. The van der Waals surface area contributed by atoms with Crippen molar-refractivity contribution in [2.45, 2.75) is 25.1 Å². The van der Waals surface area contributed by atoms with Crippen LogP contribution in [0, 0.1) is 0 Å². The van der Waals surface area contributed by atoms with Crippen molar-refractivity contribution in [3.8, 4) is 11.1 Å². The van der Waals surface area contributed by atoms with Gasteiger partial charge in [-0.1, -0.05) is 0 Å². The quantitative estimate of drug-likeness (QED) is 0.540. The number of carbonyl (C=O) groups is 1. The van der Waals surface area contributed by atoms with E-state index in [0.29, 0.717) is 28.1 Å². The molecular formula is C21H18F3N5O. The highest BCUT2D eigenvalue weighted by molar-refractivity contribution is 6.24. The number of hydrogen-bond acceptors (Lipinski definition) is 6. The maximum Gasteiger partial charge on any atom is 0.451 e. The summed E-state index contributed by atoms with van der Waals surface area (Å²) in [6, 6.07) is 6.02. The Balaban J connectivity index is 1.58. The molecule has 2 aliphatic rings. The fraction of sp³-hybridized carbons (Fsp3) is 0.333. The molecule has 0 bridgehead atoms. The molecule has 1 N–H and O–H groups in total. The first-order valence-corrected chi connectivity index (χ1v) is 9.68. The SMILES string of the molecule is CN1CCC(Nc2ccc3ncc4c(c3c2)-c2cnc(C(F)(F)F)nc2C4=O)CC1. The zero-order valence-electron chi connectivity index (χ0n) is 16.1. The second-order valence-electron chi connectivity index (χ2n) is 7.78. The van der Waals surface area contributed by atoms with Crippen LogP contribution in [-0.4, -0.2) is 51.8 Å².